The molecule has 0 amide bonds. The van der Waals surface area contributed by atoms with Gasteiger partial charge in [-0.05, 0) is 0 Å². The van der Waals surface area contributed by atoms with Crippen LogP contribution in [0.2, 0.25) is 17.2 Å². The number of hydrogen-bond donors (Lipinski definition) is 1. The number of aliphatic hydroxyl groups is 1. The molecule has 2 heteroatoms. The molecule has 0 rings (SSSR count). The van der Waals surface area contributed by atoms with E-state index >= 15 is 0 Å². The molecule has 0 unspecified atom stereocenters. The second-order valence-electron chi connectivity index (χ2n) is 7.52. The van der Waals surface area contributed by atoms with Gasteiger partial charge >= 0.3 is 146 Å². The number of rotatable bonds is 15. The van der Waals surface area contributed by atoms with E-state index in [2.05, 4.69) is 34.6 Å². The fraction of sp³-hybridized carbons (Fsp3) is 1.00. The van der Waals surface area contributed by atoms with E-state index in [1.165, 1.54) is 77.5 Å². The molecular weight excluding hydrogens is 375 g/mol. The van der Waals surface area contributed by atoms with E-state index in [4.69, 9.17) is 0 Å². The van der Waals surface area contributed by atoms with Crippen molar-refractivity contribution < 1.29 is 5.11 Å². The Labute approximate surface area is 145 Å². The van der Waals surface area contributed by atoms with E-state index in [0.29, 0.717) is 3.93 Å². The van der Waals surface area contributed by atoms with E-state index in [0.717, 1.165) is 0 Å². The molecule has 2 atom stereocenters. The van der Waals surface area contributed by atoms with E-state index < -0.39 is 18.4 Å². The van der Waals surface area contributed by atoms with Gasteiger partial charge < -0.3 is 0 Å². The predicted octanol–water partition coefficient (Wildman–Crippen LogP) is 7.17. The molecule has 0 saturated heterocycles. The summed E-state index contributed by atoms with van der Waals surface area (Å²) < 4.78 is 5.32. The van der Waals surface area contributed by atoms with Crippen LogP contribution in [0.5, 0.6) is 0 Å². The Morgan fingerprint density at radius 2 is 1.09 bits per heavy atom. The molecule has 0 heterocycles. The molecule has 1 N–H and O–H groups in total. The standard InChI is InChI=1S/C8H17O.3C4H9.Sn/c1-3-4-5-6-7-8(2)9;3*1-3-4-2;/h7-9H,3-6H2,1-2H3;3*1,3-4H2,2H3;/t8-;;;;/m1..../s1. The van der Waals surface area contributed by atoms with Crippen LogP contribution in [-0.2, 0) is 0 Å². The SMILES string of the molecule is CCCCC[C@@H]([C@@H](C)O)[Sn]([CH2]CCC)([CH2]CCC)[CH2]CCC. The first-order chi connectivity index (χ1) is 10.6. The first kappa shape index (κ1) is 22.8. The Morgan fingerprint density at radius 1 is 0.682 bits per heavy atom. The molecule has 0 fully saturated rings. The second-order valence-corrected chi connectivity index (χ2v) is 21.7. The van der Waals surface area contributed by atoms with Gasteiger partial charge in [-0.2, -0.15) is 0 Å². The van der Waals surface area contributed by atoms with Gasteiger partial charge in [0.25, 0.3) is 0 Å². The quantitative estimate of drug-likeness (QED) is 0.220. The summed E-state index contributed by atoms with van der Waals surface area (Å²) in [5, 5.41) is 10.6. The molecule has 0 spiro atoms. The first-order valence-electron chi connectivity index (χ1n) is 10.3. The van der Waals surface area contributed by atoms with Crippen molar-refractivity contribution in [3.05, 3.63) is 0 Å². The van der Waals surface area contributed by atoms with Gasteiger partial charge in [-0.1, -0.05) is 0 Å². The zero-order valence-electron chi connectivity index (χ0n) is 16.3. The zero-order chi connectivity index (χ0) is 16.8. The Morgan fingerprint density at radius 3 is 1.41 bits per heavy atom. The third-order valence-electron chi connectivity index (χ3n) is 5.57. The maximum atomic E-state index is 10.6. The summed E-state index contributed by atoms with van der Waals surface area (Å²) in [7, 11) is 0. The average molecular weight is 419 g/mol. The summed E-state index contributed by atoms with van der Waals surface area (Å²) >= 11 is -2.24. The van der Waals surface area contributed by atoms with Crippen molar-refractivity contribution in [2.24, 2.45) is 0 Å². The molecule has 0 aliphatic carbocycles. The fourth-order valence-electron chi connectivity index (χ4n) is 4.19. The van der Waals surface area contributed by atoms with Crippen LogP contribution in [-0.4, -0.2) is 29.6 Å². The van der Waals surface area contributed by atoms with Crippen LogP contribution in [0.4, 0.5) is 0 Å². The summed E-state index contributed by atoms with van der Waals surface area (Å²) in [5.74, 6) is 0. The normalized spacial score (nSPS) is 15.0. The third kappa shape index (κ3) is 8.57. The summed E-state index contributed by atoms with van der Waals surface area (Å²) in [4.78, 5) is 0. The molecule has 0 aliphatic rings. The van der Waals surface area contributed by atoms with Gasteiger partial charge in [-0.15, -0.1) is 0 Å². The monoisotopic (exact) mass is 420 g/mol. The van der Waals surface area contributed by atoms with Crippen molar-refractivity contribution in [3.8, 4) is 0 Å². The van der Waals surface area contributed by atoms with Crippen LogP contribution >= 0.6 is 0 Å². The molecule has 134 valence electrons. The third-order valence-corrected chi connectivity index (χ3v) is 23.8. The number of unbranched alkanes of at least 4 members (excludes halogenated alkanes) is 5. The fourth-order valence-corrected chi connectivity index (χ4v) is 23.8. The van der Waals surface area contributed by atoms with Gasteiger partial charge in [0, 0.05) is 0 Å². The van der Waals surface area contributed by atoms with E-state index in [1.54, 1.807) is 0 Å². The van der Waals surface area contributed by atoms with Crippen LogP contribution in [0.3, 0.4) is 0 Å². The van der Waals surface area contributed by atoms with Crippen LogP contribution < -0.4 is 0 Å². The van der Waals surface area contributed by atoms with Crippen molar-refractivity contribution in [3.63, 3.8) is 0 Å². The minimum absolute atomic E-state index is 0.0572. The minimum atomic E-state index is -2.24. The molecule has 22 heavy (non-hydrogen) atoms. The zero-order valence-corrected chi connectivity index (χ0v) is 19.1. The van der Waals surface area contributed by atoms with Gasteiger partial charge in [0.05, 0.1) is 0 Å². The van der Waals surface area contributed by atoms with E-state index in [-0.39, 0.29) is 6.10 Å². The van der Waals surface area contributed by atoms with Crippen LogP contribution in [0, 0.1) is 0 Å². The Kier molecular flexibility index (Phi) is 14.6. The van der Waals surface area contributed by atoms with Crippen LogP contribution in [0.25, 0.3) is 0 Å². The Bertz CT molecular complexity index is 218. The molecule has 0 aromatic heterocycles. The number of hydrogen-bond acceptors (Lipinski definition) is 1. The van der Waals surface area contributed by atoms with Crippen molar-refractivity contribution in [1.29, 1.82) is 0 Å². The van der Waals surface area contributed by atoms with Gasteiger partial charge in [0.2, 0.25) is 0 Å². The summed E-state index contributed by atoms with van der Waals surface area (Å²) in [5.41, 5.74) is 0. The maximum absolute atomic E-state index is 10.6. The van der Waals surface area contributed by atoms with Crippen molar-refractivity contribution in [2.75, 3.05) is 0 Å². The molecule has 0 saturated carbocycles. The summed E-state index contributed by atoms with van der Waals surface area (Å²) in [6.07, 6.45) is 13.5. The van der Waals surface area contributed by atoms with Gasteiger partial charge in [0.1, 0.15) is 0 Å². The van der Waals surface area contributed by atoms with Crippen molar-refractivity contribution in [2.45, 2.75) is 122 Å². The van der Waals surface area contributed by atoms with Crippen molar-refractivity contribution >= 4 is 18.4 Å². The summed E-state index contributed by atoms with van der Waals surface area (Å²) in [6, 6.07) is 0. The summed E-state index contributed by atoms with van der Waals surface area (Å²) in [6.45, 7) is 11.4. The van der Waals surface area contributed by atoms with Crippen molar-refractivity contribution in [1.82, 2.24) is 0 Å². The number of aliphatic hydroxyl groups excluding tert-OH is 1. The second kappa shape index (κ2) is 14.1. The predicted molar refractivity (Wildman–Crippen MR) is 104 cm³/mol. The topological polar surface area (TPSA) is 20.2 Å². The molecule has 1 nitrogen and oxygen atoms in total. The molecule has 0 aromatic rings. The van der Waals surface area contributed by atoms with E-state index in [9.17, 15) is 5.11 Å². The van der Waals surface area contributed by atoms with Crippen LogP contribution in [0.15, 0.2) is 0 Å². The van der Waals surface area contributed by atoms with Gasteiger partial charge in [0.15, 0.2) is 0 Å². The first-order valence-corrected chi connectivity index (χ1v) is 18.0. The Balaban J connectivity index is 5.17. The van der Waals surface area contributed by atoms with E-state index in [1.807, 2.05) is 0 Å². The Hall–Kier alpha value is 0.759. The molecule has 0 aliphatic heterocycles. The van der Waals surface area contributed by atoms with Gasteiger partial charge in [-0.3, -0.25) is 0 Å². The van der Waals surface area contributed by atoms with Crippen LogP contribution in [0.1, 0.15) is 98.8 Å². The average Bonchev–Trinajstić information content (AvgIpc) is 2.51. The molecule has 0 bridgehead atoms. The molecule has 0 radical (unpaired) electrons. The molecular formula is C20H44OSn. The van der Waals surface area contributed by atoms with Gasteiger partial charge in [-0.25, -0.2) is 0 Å². The molecule has 0 aromatic carbocycles.